The molecule has 0 radical (unpaired) electrons. The van der Waals surface area contributed by atoms with Crippen molar-refractivity contribution in [3.8, 4) is 11.3 Å². The van der Waals surface area contributed by atoms with Crippen LogP contribution in [0.5, 0.6) is 0 Å². The topological polar surface area (TPSA) is 60.0 Å². The molecule has 0 atom stereocenters. The second kappa shape index (κ2) is 7.05. The zero-order chi connectivity index (χ0) is 14.4. The minimum Gasteiger partial charge on any atom is -0.398 e. The number of nitrogens with zero attached hydrogens (tertiary/aromatic N) is 4. The summed E-state index contributed by atoms with van der Waals surface area (Å²) in [6.45, 7) is 8.64. The third-order valence-corrected chi connectivity index (χ3v) is 3.61. The molecule has 5 heteroatoms. The van der Waals surface area contributed by atoms with Crippen molar-refractivity contribution in [1.29, 1.82) is 0 Å². The largest absolute Gasteiger partial charge is 0.398 e. The summed E-state index contributed by atoms with van der Waals surface area (Å²) >= 11 is 0. The molecule has 108 valence electrons. The van der Waals surface area contributed by atoms with Crippen molar-refractivity contribution >= 4 is 5.69 Å². The molecule has 0 amide bonds. The number of nitrogens with two attached hydrogens (primary N) is 1. The molecular formula is C15H23N5. The van der Waals surface area contributed by atoms with Gasteiger partial charge >= 0.3 is 0 Å². The summed E-state index contributed by atoms with van der Waals surface area (Å²) in [7, 11) is 0. The Morgan fingerprint density at radius 2 is 2.00 bits per heavy atom. The van der Waals surface area contributed by atoms with Crippen LogP contribution in [0.15, 0.2) is 31.0 Å². The normalized spacial score (nSPS) is 11.2. The first-order chi connectivity index (χ1) is 9.76. The molecule has 0 saturated carbocycles. The fourth-order valence-electron chi connectivity index (χ4n) is 2.35. The fraction of sp³-hybridized carbons (Fsp3) is 0.467. The van der Waals surface area contributed by atoms with Crippen LogP contribution in [0.3, 0.4) is 0 Å². The zero-order valence-electron chi connectivity index (χ0n) is 12.3. The lowest BCUT2D eigenvalue weighted by Crippen LogP contribution is -2.24. The molecule has 0 spiro atoms. The average Bonchev–Trinajstić information content (AvgIpc) is 2.92. The second-order valence-corrected chi connectivity index (χ2v) is 4.82. The maximum absolute atomic E-state index is 6.01. The Kier molecular flexibility index (Phi) is 5.12. The van der Waals surface area contributed by atoms with Gasteiger partial charge in [0.25, 0.3) is 0 Å². The second-order valence-electron chi connectivity index (χ2n) is 4.82. The molecule has 0 unspecified atom stereocenters. The van der Waals surface area contributed by atoms with E-state index in [2.05, 4.69) is 33.3 Å². The van der Waals surface area contributed by atoms with Crippen molar-refractivity contribution < 1.29 is 0 Å². The van der Waals surface area contributed by atoms with Gasteiger partial charge in [-0.1, -0.05) is 13.8 Å². The summed E-state index contributed by atoms with van der Waals surface area (Å²) in [5.41, 5.74) is 8.74. The van der Waals surface area contributed by atoms with Crippen molar-refractivity contribution in [3.63, 3.8) is 0 Å². The van der Waals surface area contributed by atoms with Crippen LogP contribution in [-0.4, -0.2) is 39.1 Å². The van der Waals surface area contributed by atoms with Gasteiger partial charge in [-0.15, -0.1) is 0 Å². The van der Waals surface area contributed by atoms with Gasteiger partial charge in [0.2, 0.25) is 0 Å². The lowest BCUT2D eigenvalue weighted by molar-refractivity contribution is 0.293. The van der Waals surface area contributed by atoms with E-state index in [1.807, 2.05) is 18.6 Å². The highest BCUT2D eigenvalue weighted by Gasteiger charge is 2.08. The monoisotopic (exact) mass is 273 g/mol. The SMILES string of the molecule is CCN(CC)CCCn1cncc1-c1cnccc1N. The van der Waals surface area contributed by atoms with Crippen molar-refractivity contribution in [2.45, 2.75) is 26.8 Å². The van der Waals surface area contributed by atoms with Crippen LogP contribution in [0.2, 0.25) is 0 Å². The van der Waals surface area contributed by atoms with E-state index in [-0.39, 0.29) is 0 Å². The number of imidazole rings is 1. The molecule has 5 nitrogen and oxygen atoms in total. The van der Waals surface area contributed by atoms with Crippen molar-refractivity contribution in [2.24, 2.45) is 0 Å². The number of rotatable bonds is 7. The first kappa shape index (κ1) is 14.5. The van der Waals surface area contributed by atoms with Gasteiger partial charge in [-0.2, -0.15) is 0 Å². The van der Waals surface area contributed by atoms with Crippen LogP contribution in [0.1, 0.15) is 20.3 Å². The Hall–Kier alpha value is -1.88. The number of hydrogen-bond donors (Lipinski definition) is 1. The Labute approximate surface area is 120 Å². The van der Waals surface area contributed by atoms with Crippen LogP contribution in [-0.2, 0) is 6.54 Å². The van der Waals surface area contributed by atoms with E-state index in [9.17, 15) is 0 Å². The minimum absolute atomic E-state index is 0.741. The van der Waals surface area contributed by atoms with E-state index in [4.69, 9.17) is 5.73 Å². The molecule has 2 rings (SSSR count). The molecule has 2 heterocycles. The van der Waals surface area contributed by atoms with E-state index in [1.54, 1.807) is 12.4 Å². The molecule has 0 aliphatic rings. The Bertz CT molecular complexity index is 531. The third-order valence-electron chi connectivity index (χ3n) is 3.61. The smallest absolute Gasteiger partial charge is 0.0950 e. The molecule has 0 aromatic carbocycles. The lowest BCUT2D eigenvalue weighted by atomic mass is 10.2. The summed E-state index contributed by atoms with van der Waals surface area (Å²) in [6.07, 6.45) is 8.33. The molecule has 2 aromatic rings. The van der Waals surface area contributed by atoms with E-state index in [1.165, 1.54) is 0 Å². The molecule has 0 bridgehead atoms. The number of hydrogen-bond acceptors (Lipinski definition) is 4. The number of aryl methyl sites for hydroxylation is 1. The summed E-state index contributed by atoms with van der Waals surface area (Å²) in [5.74, 6) is 0. The quantitative estimate of drug-likeness (QED) is 0.840. The zero-order valence-corrected chi connectivity index (χ0v) is 12.3. The molecule has 0 aliphatic carbocycles. The van der Waals surface area contributed by atoms with Crippen molar-refractivity contribution in [1.82, 2.24) is 19.4 Å². The lowest BCUT2D eigenvalue weighted by Gasteiger charge is -2.18. The van der Waals surface area contributed by atoms with Crippen molar-refractivity contribution in [3.05, 3.63) is 31.0 Å². The molecule has 0 saturated heterocycles. The molecular weight excluding hydrogens is 250 g/mol. The van der Waals surface area contributed by atoms with Crippen molar-refractivity contribution in [2.75, 3.05) is 25.4 Å². The fourth-order valence-corrected chi connectivity index (χ4v) is 2.35. The summed E-state index contributed by atoms with van der Waals surface area (Å²) < 4.78 is 2.15. The first-order valence-electron chi connectivity index (χ1n) is 7.18. The standard InChI is InChI=1S/C15H23N5/c1-3-19(4-2)8-5-9-20-12-18-11-15(20)13-10-17-7-6-14(13)16/h6-7,10-12H,3-5,8-9H2,1-2H3,(H2,16,17). The maximum atomic E-state index is 6.01. The van der Waals surface area contributed by atoms with Gasteiger partial charge in [0.05, 0.1) is 18.2 Å². The van der Waals surface area contributed by atoms with Gasteiger partial charge in [0, 0.05) is 30.2 Å². The van der Waals surface area contributed by atoms with Crippen LogP contribution < -0.4 is 5.73 Å². The molecule has 2 N–H and O–H groups in total. The predicted octanol–water partition coefficient (Wildman–Crippen LogP) is 2.26. The van der Waals surface area contributed by atoms with Crippen LogP contribution >= 0.6 is 0 Å². The van der Waals surface area contributed by atoms with Gasteiger partial charge in [0.15, 0.2) is 0 Å². The summed E-state index contributed by atoms with van der Waals surface area (Å²) in [6, 6.07) is 1.82. The Morgan fingerprint density at radius 3 is 2.70 bits per heavy atom. The van der Waals surface area contributed by atoms with Gasteiger partial charge < -0.3 is 15.2 Å². The number of anilines is 1. The highest BCUT2D eigenvalue weighted by atomic mass is 15.1. The van der Waals surface area contributed by atoms with E-state index in [0.717, 1.165) is 49.5 Å². The predicted molar refractivity (Wildman–Crippen MR) is 82.3 cm³/mol. The van der Waals surface area contributed by atoms with E-state index < -0.39 is 0 Å². The maximum Gasteiger partial charge on any atom is 0.0950 e. The summed E-state index contributed by atoms with van der Waals surface area (Å²) in [4.78, 5) is 10.8. The van der Waals surface area contributed by atoms with E-state index >= 15 is 0 Å². The molecule has 0 fully saturated rings. The third kappa shape index (κ3) is 3.36. The van der Waals surface area contributed by atoms with Crippen LogP contribution in [0.4, 0.5) is 5.69 Å². The van der Waals surface area contributed by atoms with Gasteiger partial charge in [0.1, 0.15) is 0 Å². The Balaban J connectivity index is 2.04. The van der Waals surface area contributed by atoms with Crippen LogP contribution in [0, 0.1) is 0 Å². The number of aromatic nitrogens is 3. The average molecular weight is 273 g/mol. The number of pyridine rings is 1. The minimum atomic E-state index is 0.741. The molecule has 2 aromatic heterocycles. The molecule has 20 heavy (non-hydrogen) atoms. The Morgan fingerprint density at radius 1 is 1.20 bits per heavy atom. The van der Waals surface area contributed by atoms with Gasteiger partial charge in [-0.05, 0) is 32.1 Å². The highest BCUT2D eigenvalue weighted by molar-refractivity contribution is 5.72. The van der Waals surface area contributed by atoms with Crippen LogP contribution in [0.25, 0.3) is 11.3 Å². The van der Waals surface area contributed by atoms with Gasteiger partial charge in [-0.3, -0.25) is 4.98 Å². The highest BCUT2D eigenvalue weighted by Crippen LogP contribution is 2.24. The number of nitrogen functional groups attached to an aromatic ring is 1. The van der Waals surface area contributed by atoms with Gasteiger partial charge in [-0.25, -0.2) is 4.98 Å². The van der Waals surface area contributed by atoms with E-state index in [0.29, 0.717) is 0 Å². The first-order valence-corrected chi connectivity index (χ1v) is 7.18. The molecule has 0 aliphatic heterocycles. The summed E-state index contributed by atoms with van der Waals surface area (Å²) in [5, 5.41) is 0.